The molecule has 6 heteroatoms. The normalized spacial score (nSPS) is 13.0. The predicted octanol–water partition coefficient (Wildman–Crippen LogP) is 24.1. The summed E-state index contributed by atoms with van der Waals surface area (Å²) in [5, 5.41) is 0. The lowest BCUT2D eigenvalue weighted by Crippen LogP contribution is -2.30. The lowest BCUT2D eigenvalue weighted by atomic mass is 10.1. The highest BCUT2D eigenvalue weighted by Gasteiger charge is 2.19. The van der Waals surface area contributed by atoms with E-state index in [4.69, 9.17) is 14.2 Å². The van der Waals surface area contributed by atoms with E-state index >= 15 is 0 Å². The Morgan fingerprint density at radius 1 is 0.253 bits per heavy atom. The summed E-state index contributed by atoms with van der Waals surface area (Å²) in [6, 6.07) is 0. The van der Waals surface area contributed by atoms with Gasteiger partial charge >= 0.3 is 17.9 Å². The number of carbonyl (C=O) groups is 3. The average Bonchev–Trinajstić information content (AvgIpc) is 3.49. The van der Waals surface area contributed by atoms with Crippen molar-refractivity contribution >= 4 is 17.9 Å². The molecule has 0 saturated heterocycles. The first-order valence-corrected chi connectivity index (χ1v) is 34.7. The maximum atomic E-state index is 12.9. The molecule has 0 spiro atoms. The SMILES string of the molecule is CC/C=C\C/C=C\C/C=C\C/C=C\C/C=C\C/C=C\C/C=C\C/C=C\CCCCCCCCCCCCC(=O)OCC(COC(=O)CCCCCCC/C=C\CCCCCCCC)OC(=O)CCCCCCC/C=C\C/C=C\CCCCC. The monoisotopic (exact) mass is 1150 g/mol. The number of carbonyl (C=O) groups excluding carboxylic acids is 3. The van der Waals surface area contributed by atoms with Gasteiger partial charge in [-0.05, 0) is 141 Å². The molecule has 0 aromatic heterocycles. The van der Waals surface area contributed by atoms with E-state index in [0.29, 0.717) is 19.3 Å². The van der Waals surface area contributed by atoms with Crippen LogP contribution in [0.3, 0.4) is 0 Å². The van der Waals surface area contributed by atoms with Crippen LogP contribution in [0, 0.1) is 0 Å². The number of hydrogen-bond donors (Lipinski definition) is 0. The molecule has 0 rings (SSSR count). The Balaban J connectivity index is 4.26. The van der Waals surface area contributed by atoms with Crippen molar-refractivity contribution in [1.29, 1.82) is 0 Å². The first-order chi connectivity index (χ1) is 41.0. The molecule has 83 heavy (non-hydrogen) atoms. The summed E-state index contributed by atoms with van der Waals surface area (Å²) in [6.07, 6.45) is 99.0. The van der Waals surface area contributed by atoms with Gasteiger partial charge in [-0.2, -0.15) is 0 Å². The lowest BCUT2D eigenvalue weighted by molar-refractivity contribution is -0.167. The summed E-state index contributed by atoms with van der Waals surface area (Å²) in [7, 11) is 0. The molecule has 1 unspecified atom stereocenters. The van der Waals surface area contributed by atoms with Crippen molar-refractivity contribution in [3.8, 4) is 0 Å². The van der Waals surface area contributed by atoms with Crippen LogP contribution < -0.4 is 0 Å². The van der Waals surface area contributed by atoms with Gasteiger partial charge in [0.1, 0.15) is 13.2 Å². The standard InChI is InChI=1S/C77H128O6/c1-4-7-10-13-16-19-22-25-28-29-30-31-32-33-34-35-36-37-38-39-40-41-42-43-44-45-46-47-50-52-55-58-61-64-67-70-76(79)82-73-74(83-77(80)71-68-65-62-59-56-53-49-27-24-21-18-15-12-9-6-3)72-81-75(78)69-66-63-60-57-54-51-48-26-23-20-17-14-11-8-5-2/h7,10,16,18-19,21,25-28,30-31,33-34,36-37,39-40,42-43,48-49,74H,4-6,8-9,11-15,17,20,22-24,29,32,35,38,41,44-47,50-73H2,1-3H3/b10-7-,19-16-,21-18-,28-25-,31-30-,34-33-,37-36-,40-39-,43-42-,48-26-,49-27-. The van der Waals surface area contributed by atoms with E-state index in [1.807, 2.05) is 0 Å². The predicted molar refractivity (Wildman–Crippen MR) is 362 cm³/mol. The van der Waals surface area contributed by atoms with Gasteiger partial charge in [0.25, 0.3) is 0 Å². The fourth-order valence-electron chi connectivity index (χ4n) is 9.43. The molecule has 0 fully saturated rings. The second kappa shape index (κ2) is 70.0. The zero-order valence-electron chi connectivity index (χ0n) is 54.2. The van der Waals surface area contributed by atoms with Crippen molar-refractivity contribution < 1.29 is 28.6 Å². The fraction of sp³-hybridized carbons (Fsp3) is 0.675. The molecule has 472 valence electrons. The molecule has 0 amide bonds. The van der Waals surface area contributed by atoms with Crippen molar-refractivity contribution in [1.82, 2.24) is 0 Å². The lowest BCUT2D eigenvalue weighted by Gasteiger charge is -2.18. The highest BCUT2D eigenvalue weighted by molar-refractivity contribution is 5.71. The van der Waals surface area contributed by atoms with Gasteiger partial charge in [0.2, 0.25) is 0 Å². The zero-order valence-corrected chi connectivity index (χ0v) is 54.2. The molecular weight excluding hydrogens is 1020 g/mol. The minimum Gasteiger partial charge on any atom is -0.462 e. The Kier molecular flexibility index (Phi) is 66.3. The maximum absolute atomic E-state index is 12.9. The molecule has 0 heterocycles. The molecule has 0 aliphatic carbocycles. The Morgan fingerprint density at radius 3 is 0.771 bits per heavy atom. The summed E-state index contributed by atoms with van der Waals surface area (Å²) in [4.78, 5) is 38.4. The molecular formula is C77H128O6. The number of allylic oxidation sites excluding steroid dienone is 22. The van der Waals surface area contributed by atoms with Crippen molar-refractivity contribution in [2.45, 2.75) is 322 Å². The van der Waals surface area contributed by atoms with Crippen LogP contribution in [0.2, 0.25) is 0 Å². The molecule has 0 aliphatic rings. The third-order valence-electron chi connectivity index (χ3n) is 14.6. The zero-order chi connectivity index (χ0) is 59.9. The van der Waals surface area contributed by atoms with Gasteiger partial charge in [-0.3, -0.25) is 14.4 Å². The van der Waals surface area contributed by atoms with E-state index in [0.717, 1.165) is 148 Å². The molecule has 0 aromatic rings. The first-order valence-electron chi connectivity index (χ1n) is 34.7. The van der Waals surface area contributed by atoms with Crippen LogP contribution in [0.15, 0.2) is 134 Å². The summed E-state index contributed by atoms with van der Waals surface area (Å²) < 4.78 is 16.9. The van der Waals surface area contributed by atoms with Crippen molar-refractivity contribution in [3.05, 3.63) is 134 Å². The quantitative estimate of drug-likeness (QED) is 0.0261. The van der Waals surface area contributed by atoms with Gasteiger partial charge < -0.3 is 14.2 Å². The largest absolute Gasteiger partial charge is 0.462 e. The van der Waals surface area contributed by atoms with Crippen LogP contribution in [0.4, 0.5) is 0 Å². The third kappa shape index (κ3) is 68.2. The van der Waals surface area contributed by atoms with Crippen LogP contribution in [-0.4, -0.2) is 37.2 Å². The van der Waals surface area contributed by atoms with E-state index in [2.05, 4.69) is 154 Å². The van der Waals surface area contributed by atoms with E-state index in [1.54, 1.807) is 0 Å². The molecule has 0 saturated carbocycles. The van der Waals surface area contributed by atoms with Gasteiger partial charge in [-0.15, -0.1) is 0 Å². The van der Waals surface area contributed by atoms with E-state index in [-0.39, 0.29) is 31.1 Å². The number of unbranched alkanes of at least 4 members (excludes halogenated alkanes) is 29. The Hall–Kier alpha value is -4.45. The smallest absolute Gasteiger partial charge is 0.306 e. The fourth-order valence-corrected chi connectivity index (χ4v) is 9.43. The first kappa shape index (κ1) is 78.5. The maximum Gasteiger partial charge on any atom is 0.306 e. The molecule has 0 N–H and O–H groups in total. The molecule has 0 bridgehead atoms. The van der Waals surface area contributed by atoms with Crippen molar-refractivity contribution in [3.63, 3.8) is 0 Å². The second-order valence-corrected chi connectivity index (χ2v) is 22.7. The topological polar surface area (TPSA) is 78.9 Å². The van der Waals surface area contributed by atoms with E-state index < -0.39 is 6.10 Å². The summed E-state index contributed by atoms with van der Waals surface area (Å²) in [5.74, 6) is -0.909. The minimum absolute atomic E-state index is 0.0899. The van der Waals surface area contributed by atoms with Crippen LogP contribution in [-0.2, 0) is 28.6 Å². The highest BCUT2D eigenvalue weighted by Crippen LogP contribution is 2.16. The summed E-state index contributed by atoms with van der Waals surface area (Å²) >= 11 is 0. The summed E-state index contributed by atoms with van der Waals surface area (Å²) in [5.41, 5.74) is 0. The Morgan fingerprint density at radius 2 is 0.470 bits per heavy atom. The van der Waals surface area contributed by atoms with E-state index in [1.165, 1.54) is 128 Å². The minimum atomic E-state index is -0.794. The highest BCUT2D eigenvalue weighted by atomic mass is 16.6. The summed E-state index contributed by atoms with van der Waals surface area (Å²) in [6.45, 7) is 6.49. The van der Waals surface area contributed by atoms with Gasteiger partial charge in [-0.25, -0.2) is 0 Å². The van der Waals surface area contributed by atoms with Crippen LogP contribution in [0.1, 0.15) is 316 Å². The number of ether oxygens (including phenoxy) is 3. The molecule has 1 atom stereocenters. The van der Waals surface area contributed by atoms with Crippen molar-refractivity contribution in [2.75, 3.05) is 13.2 Å². The number of esters is 3. The van der Waals surface area contributed by atoms with E-state index in [9.17, 15) is 14.4 Å². The Labute approximate surface area is 513 Å². The third-order valence-corrected chi connectivity index (χ3v) is 14.6. The molecule has 0 radical (unpaired) electrons. The second-order valence-electron chi connectivity index (χ2n) is 22.7. The molecule has 0 aliphatic heterocycles. The average molecular weight is 1150 g/mol. The number of hydrogen-bond acceptors (Lipinski definition) is 6. The molecule has 6 nitrogen and oxygen atoms in total. The van der Waals surface area contributed by atoms with Crippen molar-refractivity contribution in [2.24, 2.45) is 0 Å². The van der Waals surface area contributed by atoms with Crippen LogP contribution in [0.5, 0.6) is 0 Å². The van der Waals surface area contributed by atoms with Gasteiger partial charge in [-0.1, -0.05) is 289 Å². The molecule has 0 aromatic carbocycles. The van der Waals surface area contributed by atoms with Gasteiger partial charge in [0.15, 0.2) is 6.10 Å². The van der Waals surface area contributed by atoms with Gasteiger partial charge in [0.05, 0.1) is 0 Å². The number of rotatable bonds is 62. The van der Waals surface area contributed by atoms with Crippen LogP contribution in [0.25, 0.3) is 0 Å². The van der Waals surface area contributed by atoms with Crippen LogP contribution >= 0.6 is 0 Å². The van der Waals surface area contributed by atoms with Gasteiger partial charge in [0, 0.05) is 19.3 Å². The Bertz CT molecular complexity index is 1750.